The molecule has 2 aliphatic heterocycles. The van der Waals surface area contributed by atoms with Gasteiger partial charge in [-0.1, -0.05) is 126 Å². The number of aromatic nitrogens is 1. The van der Waals surface area contributed by atoms with Crippen LogP contribution in [0.1, 0.15) is 51.3 Å². The molecule has 0 amide bonds. The van der Waals surface area contributed by atoms with Crippen molar-refractivity contribution in [2.45, 2.75) is 45.4 Å². The van der Waals surface area contributed by atoms with E-state index in [-0.39, 0.29) is 17.7 Å². The van der Waals surface area contributed by atoms with Crippen molar-refractivity contribution in [2.75, 3.05) is 4.81 Å². The van der Waals surface area contributed by atoms with Gasteiger partial charge >= 0.3 is 6.85 Å². The van der Waals surface area contributed by atoms with Crippen LogP contribution in [0.3, 0.4) is 0 Å². The number of furan rings is 1. The zero-order valence-corrected chi connectivity index (χ0v) is 35.0. The molecule has 0 saturated heterocycles. The molecule has 0 saturated carbocycles. The highest BCUT2D eigenvalue weighted by atomic mass is 32.1. The van der Waals surface area contributed by atoms with Crippen LogP contribution in [-0.2, 0) is 10.8 Å². The van der Waals surface area contributed by atoms with E-state index in [0.717, 1.165) is 16.6 Å². The summed E-state index contributed by atoms with van der Waals surface area (Å²) in [5.74, 6) is 0. The van der Waals surface area contributed by atoms with Gasteiger partial charge in [-0.3, -0.25) is 0 Å². The molecule has 284 valence electrons. The number of para-hydroxylation sites is 1. The number of hydrogen-bond donors (Lipinski definition) is 0. The van der Waals surface area contributed by atoms with Crippen LogP contribution in [0.15, 0.2) is 150 Å². The summed E-state index contributed by atoms with van der Waals surface area (Å²) in [6.07, 6.45) is 0. The van der Waals surface area contributed by atoms with Crippen molar-refractivity contribution in [2.24, 2.45) is 0 Å². The summed E-state index contributed by atoms with van der Waals surface area (Å²) >= 11 is 1.90. The van der Waals surface area contributed by atoms with Gasteiger partial charge in [0, 0.05) is 69.8 Å². The smallest absolute Gasteiger partial charge is 0.333 e. The van der Waals surface area contributed by atoms with Crippen molar-refractivity contribution in [3.05, 3.63) is 162 Å². The number of fused-ring (bicyclic) bond motifs is 18. The Kier molecular flexibility index (Phi) is 6.09. The molecule has 1 aliphatic carbocycles. The number of rotatable bonds is 1. The van der Waals surface area contributed by atoms with Gasteiger partial charge < -0.3 is 13.8 Å². The third kappa shape index (κ3) is 4.02. The molecule has 0 N–H and O–H groups in total. The lowest BCUT2D eigenvalue weighted by molar-refractivity contribution is 0.590. The summed E-state index contributed by atoms with van der Waals surface area (Å²) in [6, 6.07) is 55.5. The van der Waals surface area contributed by atoms with E-state index in [9.17, 15) is 0 Å². The molecule has 14 rings (SSSR count). The van der Waals surface area contributed by atoms with Gasteiger partial charge in [-0.25, -0.2) is 0 Å². The predicted molar refractivity (Wildman–Crippen MR) is 256 cm³/mol. The lowest BCUT2D eigenvalue weighted by Crippen LogP contribution is -2.60. The highest BCUT2D eigenvalue weighted by Crippen LogP contribution is 2.53. The van der Waals surface area contributed by atoms with E-state index in [1.165, 1.54) is 114 Å². The average molecular weight is 787 g/mol. The quantitative estimate of drug-likeness (QED) is 0.155. The van der Waals surface area contributed by atoms with Crippen LogP contribution in [0, 0.1) is 0 Å². The van der Waals surface area contributed by atoms with E-state index in [1.54, 1.807) is 0 Å². The van der Waals surface area contributed by atoms with E-state index < -0.39 is 0 Å². The van der Waals surface area contributed by atoms with E-state index in [0.29, 0.717) is 0 Å². The summed E-state index contributed by atoms with van der Waals surface area (Å²) in [4.78, 5) is 2.69. The lowest BCUT2D eigenvalue weighted by atomic mass is 9.43. The van der Waals surface area contributed by atoms with Gasteiger partial charge in [0.15, 0.2) is 0 Å². The summed E-state index contributed by atoms with van der Waals surface area (Å²) in [5.41, 5.74) is 20.1. The zero-order chi connectivity index (χ0) is 40.0. The summed E-state index contributed by atoms with van der Waals surface area (Å²) in [6.45, 7) is 11.6. The van der Waals surface area contributed by atoms with Crippen molar-refractivity contribution in [1.29, 1.82) is 0 Å². The molecule has 0 atom stereocenters. The molecule has 0 bridgehead atoms. The van der Waals surface area contributed by atoms with Crippen molar-refractivity contribution in [3.8, 4) is 27.9 Å². The van der Waals surface area contributed by atoms with Crippen LogP contribution in [0.2, 0.25) is 0 Å². The lowest BCUT2D eigenvalue weighted by Gasteiger charge is -2.42. The second kappa shape index (κ2) is 11.0. The maximum Gasteiger partial charge on any atom is 0.333 e. The molecule has 11 aromatic rings. The Morgan fingerprint density at radius 3 is 2.20 bits per heavy atom. The van der Waals surface area contributed by atoms with Crippen molar-refractivity contribution in [1.82, 2.24) is 4.57 Å². The third-order valence-electron chi connectivity index (χ3n) is 14.3. The van der Waals surface area contributed by atoms with Crippen LogP contribution in [0.25, 0.3) is 91.9 Å². The normalized spacial score (nSPS) is 14.8. The molecule has 3 aromatic heterocycles. The number of hydrogen-bond acceptors (Lipinski definition) is 3. The van der Waals surface area contributed by atoms with Gasteiger partial charge in [-0.15, -0.1) is 11.3 Å². The Morgan fingerprint density at radius 1 is 0.567 bits per heavy atom. The highest BCUT2D eigenvalue weighted by Gasteiger charge is 2.46. The Morgan fingerprint density at radius 2 is 1.35 bits per heavy atom. The average Bonchev–Trinajstić information content (AvgIpc) is 3.98. The van der Waals surface area contributed by atoms with Gasteiger partial charge in [0.05, 0.1) is 11.0 Å². The van der Waals surface area contributed by atoms with Crippen LogP contribution < -0.4 is 15.7 Å². The van der Waals surface area contributed by atoms with Gasteiger partial charge in [-0.05, 0) is 104 Å². The molecule has 0 radical (unpaired) electrons. The minimum atomic E-state index is -0.146. The van der Waals surface area contributed by atoms with Gasteiger partial charge in [0.1, 0.15) is 11.2 Å². The summed E-state index contributed by atoms with van der Waals surface area (Å²) in [7, 11) is 0. The Hall–Kier alpha value is -6.56. The highest BCUT2D eigenvalue weighted by molar-refractivity contribution is 7.25. The van der Waals surface area contributed by atoms with E-state index in [4.69, 9.17) is 4.42 Å². The largest absolute Gasteiger partial charge is 0.456 e. The molecule has 0 fully saturated rings. The topological polar surface area (TPSA) is 21.3 Å². The fourth-order valence-electron chi connectivity index (χ4n) is 11.5. The standard InChI is InChI=1S/C55H39BN2OS/c1-54(2,3)30-18-20-31(21-19-30)58-44-27-39-33-13-8-11-17-48(33)60-49(39)28-38(44)34-22-23-36-50-43(24-25-47-51(50)35-14-7-10-16-46(35)59-47)57-45-29-41-37(26-42(45)56(58)52(34)53(36)57)32-12-6-9-15-40(32)55(41,4)5/h6-29H,1-5H3. The fourth-order valence-corrected chi connectivity index (χ4v) is 12.6. The molecule has 0 spiro atoms. The summed E-state index contributed by atoms with van der Waals surface area (Å²) < 4.78 is 11.8. The molecular formula is C55H39BN2OS. The maximum absolute atomic E-state index is 6.57. The van der Waals surface area contributed by atoms with Crippen molar-refractivity contribution < 1.29 is 4.42 Å². The number of nitrogens with zero attached hydrogens (tertiary/aromatic N) is 2. The summed E-state index contributed by atoms with van der Waals surface area (Å²) in [5, 5.41) is 7.53. The molecule has 0 unspecified atom stereocenters. The minimum Gasteiger partial charge on any atom is -0.456 e. The van der Waals surface area contributed by atoms with E-state index in [1.807, 2.05) is 11.3 Å². The second-order valence-electron chi connectivity index (χ2n) is 18.8. The first kappa shape index (κ1) is 33.3. The van der Waals surface area contributed by atoms with Crippen LogP contribution in [0.4, 0.5) is 11.4 Å². The second-order valence-corrected chi connectivity index (χ2v) is 19.9. The molecule has 8 aromatic carbocycles. The van der Waals surface area contributed by atoms with Gasteiger partial charge in [0.25, 0.3) is 0 Å². The Bertz CT molecular complexity index is 3740. The van der Waals surface area contributed by atoms with E-state index >= 15 is 0 Å². The Balaban J connectivity index is 1.18. The number of thiophene rings is 1. The molecule has 3 aliphatic rings. The van der Waals surface area contributed by atoms with Crippen LogP contribution >= 0.6 is 11.3 Å². The zero-order valence-electron chi connectivity index (χ0n) is 34.1. The SMILES string of the molecule is CC(C)(C)c1ccc(N2B3c4cc5c(cc4-n4c6ccc7oc8ccccc8c7c6c6ccc(c3c64)-c3cc4sc6ccccc6c4cc32)C(C)(C)c2ccccc2-5)cc1. The molecule has 5 heterocycles. The molecule has 3 nitrogen and oxygen atoms in total. The molecular weight excluding hydrogens is 747 g/mol. The minimum absolute atomic E-state index is 0.0422. The monoisotopic (exact) mass is 786 g/mol. The van der Waals surface area contributed by atoms with E-state index in [2.05, 4.69) is 190 Å². The molecule has 60 heavy (non-hydrogen) atoms. The van der Waals surface area contributed by atoms with Crippen molar-refractivity contribution in [3.63, 3.8) is 0 Å². The first-order valence-electron chi connectivity index (χ1n) is 21.2. The van der Waals surface area contributed by atoms with Crippen LogP contribution in [-0.4, -0.2) is 11.4 Å². The van der Waals surface area contributed by atoms with Crippen LogP contribution in [0.5, 0.6) is 0 Å². The molecule has 5 heteroatoms. The van der Waals surface area contributed by atoms with Gasteiger partial charge in [0.2, 0.25) is 0 Å². The van der Waals surface area contributed by atoms with Crippen molar-refractivity contribution >= 4 is 104 Å². The maximum atomic E-state index is 6.57. The first-order valence-corrected chi connectivity index (χ1v) is 22.0. The number of benzene rings is 8. The van der Waals surface area contributed by atoms with Gasteiger partial charge in [-0.2, -0.15) is 0 Å². The predicted octanol–water partition coefficient (Wildman–Crippen LogP) is 13.9. The Labute approximate surface area is 352 Å². The fraction of sp³-hybridized carbons (Fsp3) is 0.127. The first-order chi connectivity index (χ1) is 29.1. The third-order valence-corrected chi connectivity index (χ3v) is 15.5. The number of anilines is 2.